The van der Waals surface area contributed by atoms with Crippen LogP contribution in [-0.2, 0) is 5.66 Å². The quantitative estimate of drug-likeness (QED) is 0.335. The molecule has 0 saturated carbocycles. The molecule has 0 fully saturated rings. The molecule has 156 valence electrons. The highest BCUT2D eigenvalue weighted by atomic mass is 35.5. The van der Waals surface area contributed by atoms with Gasteiger partial charge in [-0.25, -0.2) is 4.79 Å². The molecule has 3 rings (SSSR count). The molecule has 6 nitrogen and oxygen atoms in total. The zero-order valence-electron chi connectivity index (χ0n) is 17.5. The molecule has 0 spiro atoms. The Hall–Kier alpha value is -3.12. The van der Waals surface area contributed by atoms with Crippen LogP contribution in [0.4, 0.5) is 10.5 Å². The van der Waals surface area contributed by atoms with Gasteiger partial charge in [0.2, 0.25) is 0 Å². The van der Waals surface area contributed by atoms with E-state index < -0.39 is 11.7 Å². The molecule has 1 atom stereocenters. The van der Waals surface area contributed by atoms with Gasteiger partial charge in [0, 0.05) is 10.6 Å². The van der Waals surface area contributed by atoms with Crippen molar-refractivity contribution in [1.82, 2.24) is 10.7 Å². The lowest BCUT2D eigenvalue weighted by molar-refractivity contribution is 0.228. The van der Waals surface area contributed by atoms with E-state index in [4.69, 9.17) is 11.6 Å². The van der Waals surface area contributed by atoms with E-state index >= 15 is 0 Å². The molecule has 0 radical (unpaired) electrons. The summed E-state index contributed by atoms with van der Waals surface area (Å²) in [6.45, 7) is 7.70. The SMILES string of the molecule is CC(C)(C)N=NC(C)(NC(=O)NNc1ccc(Cl)cc1)c1ccc2ccccc2c1. The molecule has 1 unspecified atom stereocenters. The Balaban J connectivity index is 1.84. The fraction of sp³-hybridized carbons (Fsp3) is 0.261. The molecular formula is C23H26ClN5O. The van der Waals surface area contributed by atoms with E-state index in [1.165, 1.54) is 0 Å². The number of urea groups is 1. The van der Waals surface area contributed by atoms with Crippen LogP contribution in [-0.4, -0.2) is 11.6 Å². The Morgan fingerprint density at radius 1 is 0.867 bits per heavy atom. The summed E-state index contributed by atoms with van der Waals surface area (Å²) in [5.41, 5.74) is 5.59. The van der Waals surface area contributed by atoms with Crippen molar-refractivity contribution in [2.75, 3.05) is 5.43 Å². The van der Waals surface area contributed by atoms with Crippen LogP contribution in [0.2, 0.25) is 5.02 Å². The number of rotatable bonds is 5. The maximum absolute atomic E-state index is 12.6. The number of azo groups is 1. The summed E-state index contributed by atoms with van der Waals surface area (Å²) < 4.78 is 0. The minimum atomic E-state index is -1.05. The lowest BCUT2D eigenvalue weighted by Crippen LogP contribution is -2.48. The highest BCUT2D eigenvalue weighted by Gasteiger charge is 2.30. The maximum atomic E-state index is 12.6. The van der Waals surface area contributed by atoms with Gasteiger partial charge >= 0.3 is 6.03 Å². The van der Waals surface area contributed by atoms with E-state index in [-0.39, 0.29) is 5.54 Å². The van der Waals surface area contributed by atoms with Crippen LogP contribution >= 0.6 is 11.6 Å². The van der Waals surface area contributed by atoms with Gasteiger partial charge in [0.05, 0.1) is 11.2 Å². The molecule has 0 aliphatic rings. The van der Waals surface area contributed by atoms with E-state index in [9.17, 15) is 4.79 Å². The third kappa shape index (κ3) is 5.70. The van der Waals surface area contributed by atoms with Crippen molar-refractivity contribution in [3.63, 3.8) is 0 Å². The third-order valence-electron chi connectivity index (χ3n) is 4.38. The summed E-state index contributed by atoms with van der Waals surface area (Å²) in [7, 11) is 0. The minimum Gasteiger partial charge on any atom is -0.307 e. The van der Waals surface area contributed by atoms with Crippen LogP contribution in [0, 0.1) is 0 Å². The van der Waals surface area contributed by atoms with E-state index in [2.05, 4.69) is 26.4 Å². The number of fused-ring (bicyclic) bond motifs is 1. The average molecular weight is 424 g/mol. The average Bonchev–Trinajstić information content (AvgIpc) is 2.71. The van der Waals surface area contributed by atoms with E-state index in [1.807, 2.05) is 70.2 Å². The van der Waals surface area contributed by atoms with Crippen molar-refractivity contribution in [1.29, 1.82) is 0 Å². The maximum Gasteiger partial charge on any atom is 0.335 e. The minimum absolute atomic E-state index is 0.377. The van der Waals surface area contributed by atoms with Crippen LogP contribution < -0.4 is 16.2 Å². The van der Waals surface area contributed by atoms with E-state index in [0.29, 0.717) is 10.7 Å². The number of halogens is 1. The molecule has 0 aromatic heterocycles. The van der Waals surface area contributed by atoms with Gasteiger partial charge in [0.15, 0.2) is 5.66 Å². The van der Waals surface area contributed by atoms with Gasteiger partial charge in [-0.05, 0) is 68.8 Å². The second-order valence-corrected chi connectivity index (χ2v) is 8.65. The molecular weight excluding hydrogens is 398 g/mol. The zero-order valence-corrected chi connectivity index (χ0v) is 18.3. The van der Waals surface area contributed by atoms with Crippen LogP contribution in [0.1, 0.15) is 33.3 Å². The summed E-state index contributed by atoms with van der Waals surface area (Å²) >= 11 is 5.89. The molecule has 0 heterocycles. The second-order valence-electron chi connectivity index (χ2n) is 8.22. The molecule has 3 N–H and O–H groups in total. The van der Waals surface area contributed by atoms with Crippen molar-refractivity contribution in [3.8, 4) is 0 Å². The summed E-state index contributed by atoms with van der Waals surface area (Å²) in [6, 6.07) is 20.6. The molecule has 0 aliphatic heterocycles. The van der Waals surface area contributed by atoms with Crippen molar-refractivity contribution in [3.05, 3.63) is 77.3 Å². The first-order valence-electron chi connectivity index (χ1n) is 9.68. The van der Waals surface area contributed by atoms with Gasteiger partial charge in [0.25, 0.3) is 0 Å². The van der Waals surface area contributed by atoms with Crippen LogP contribution in [0.3, 0.4) is 0 Å². The molecule has 3 aromatic rings. The summed E-state index contributed by atoms with van der Waals surface area (Å²) in [4.78, 5) is 12.6. The summed E-state index contributed by atoms with van der Waals surface area (Å²) in [5, 5.41) is 14.7. The lowest BCUT2D eigenvalue weighted by Gasteiger charge is -2.28. The summed E-state index contributed by atoms with van der Waals surface area (Å²) in [5.74, 6) is 0. The van der Waals surface area contributed by atoms with Crippen LogP contribution in [0.15, 0.2) is 77.0 Å². The molecule has 2 amide bonds. The predicted molar refractivity (Wildman–Crippen MR) is 123 cm³/mol. The molecule has 0 bridgehead atoms. The predicted octanol–water partition coefficient (Wildman–Crippen LogP) is 6.24. The van der Waals surface area contributed by atoms with Crippen molar-refractivity contribution >= 4 is 34.1 Å². The molecule has 7 heteroatoms. The Morgan fingerprint density at radius 3 is 2.20 bits per heavy atom. The van der Waals surface area contributed by atoms with Gasteiger partial charge in [-0.2, -0.15) is 10.2 Å². The number of hydrogen-bond donors (Lipinski definition) is 3. The topological polar surface area (TPSA) is 77.9 Å². The third-order valence-corrected chi connectivity index (χ3v) is 4.64. The fourth-order valence-corrected chi connectivity index (χ4v) is 2.94. The van der Waals surface area contributed by atoms with Gasteiger partial charge in [-0.1, -0.05) is 48.0 Å². The largest absolute Gasteiger partial charge is 0.335 e. The van der Waals surface area contributed by atoms with Gasteiger partial charge in [-0.15, -0.1) is 0 Å². The highest BCUT2D eigenvalue weighted by Crippen LogP contribution is 2.28. The number of benzene rings is 3. The summed E-state index contributed by atoms with van der Waals surface area (Å²) in [6.07, 6.45) is 0. The first-order valence-corrected chi connectivity index (χ1v) is 10.1. The number of amides is 2. The number of nitrogens with one attached hydrogen (secondary N) is 3. The van der Waals surface area contributed by atoms with E-state index in [1.54, 1.807) is 24.3 Å². The highest BCUT2D eigenvalue weighted by molar-refractivity contribution is 6.30. The zero-order chi connectivity index (χ0) is 21.8. The number of anilines is 1. The van der Waals surface area contributed by atoms with Crippen molar-refractivity contribution in [2.45, 2.75) is 38.9 Å². The van der Waals surface area contributed by atoms with Gasteiger partial charge in [-0.3, -0.25) is 10.9 Å². The number of nitrogens with zero attached hydrogens (tertiary/aromatic N) is 2. The van der Waals surface area contributed by atoms with Crippen LogP contribution in [0.5, 0.6) is 0 Å². The van der Waals surface area contributed by atoms with Gasteiger partial charge < -0.3 is 5.32 Å². The van der Waals surface area contributed by atoms with Crippen molar-refractivity contribution < 1.29 is 4.79 Å². The molecule has 0 saturated heterocycles. The molecule has 30 heavy (non-hydrogen) atoms. The first-order chi connectivity index (χ1) is 14.1. The number of carbonyl (C=O) groups is 1. The fourth-order valence-electron chi connectivity index (χ4n) is 2.81. The smallest absolute Gasteiger partial charge is 0.307 e. The second kappa shape index (κ2) is 8.71. The van der Waals surface area contributed by atoms with E-state index in [0.717, 1.165) is 16.3 Å². The van der Waals surface area contributed by atoms with Crippen molar-refractivity contribution in [2.24, 2.45) is 10.2 Å². The Labute approximate surface area is 181 Å². The first kappa shape index (κ1) is 21.6. The van der Waals surface area contributed by atoms with Gasteiger partial charge in [0.1, 0.15) is 0 Å². The standard InChI is InChI=1S/C23H26ClN5O/c1-22(2,3)28-29-23(4,18-10-9-16-7-5-6-8-17(16)15-18)25-21(30)27-26-20-13-11-19(24)12-14-20/h5-15,26H,1-4H3,(H2,25,27,30). The molecule has 0 aliphatic carbocycles. The molecule has 3 aromatic carbocycles. The Bertz CT molecular complexity index is 1060. The normalized spacial score (nSPS) is 13.8. The number of carbonyl (C=O) groups excluding carboxylic acids is 1. The number of hydrazine groups is 1. The monoisotopic (exact) mass is 423 g/mol. The Morgan fingerprint density at radius 2 is 1.53 bits per heavy atom. The number of hydrogen-bond acceptors (Lipinski definition) is 4. The lowest BCUT2D eigenvalue weighted by atomic mass is 9.98. The van der Waals surface area contributed by atoms with Crippen LogP contribution in [0.25, 0.3) is 10.8 Å². The Kier molecular flexibility index (Phi) is 6.27.